The third-order valence-corrected chi connectivity index (χ3v) is 6.94. The molecule has 0 aliphatic heterocycles. The van der Waals surface area contributed by atoms with E-state index in [1.807, 2.05) is 0 Å². The summed E-state index contributed by atoms with van der Waals surface area (Å²) in [6.45, 7) is 3.47. The third kappa shape index (κ3) is 3.22. The molecule has 1 amide bonds. The van der Waals surface area contributed by atoms with Crippen LogP contribution in [0, 0.1) is 5.41 Å². The summed E-state index contributed by atoms with van der Waals surface area (Å²) in [6.07, 6.45) is 3.88. The Kier molecular flexibility index (Phi) is 5.41. The smallest absolute Gasteiger partial charge is 0.311 e. The van der Waals surface area contributed by atoms with E-state index in [-0.39, 0.29) is 6.54 Å². The first kappa shape index (κ1) is 17.9. The lowest BCUT2D eigenvalue weighted by Gasteiger charge is -2.30. The summed E-state index contributed by atoms with van der Waals surface area (Å²) in [5.41, 5.74) is -1.03. The summed E-state index contributed by atoms with van der Waals surface area (Å²) < 4.78 is 22.7. The minimum Gasteiger partial charge on any atom is -0.481 e. The Bertz CT molecular complexity index is 501. The van der Waals surface area contributed by atoms with Gasteiger partial charge in [-0.3, -0.25) is 9.59 Å². The first-order valence-corrected chi connectivity index (χ1v) is 9.25. The summed E-state index contributed by atoms with van der Waals surface area (Å²) >= 11 is 0. The van der Waals surface area contributed by atoms with Gasteiger partial charge in [0.05, 0.1) is 5.41 Å². The van der Waals surface area contributed by atoms with Gasteiger partial charge in [-0.25, -0.2) is 8.42 Å². The van der Waals surface area contributed by atoms with Crippen LogP contribution >= 0.6 is 0 Å². The van der Waals surface area contributed by atoms with Crippen LogP contribution in [-0.4, -0.2) is 42.9 Å². The molecule has 1 fully saturated rings. The quantitative estimate of drug-likeness (QED) is 0.737. The van der Waals surface area contributed by atoms with Gasteiger partial charge in [-0.1, -0.05) is 26.7 Å². The molecule has 0 heterocycles. The number of sulfone groups is 1. The Balaban J connectivity index is 2.92. The number of nitrogens with one attached hydrogen (secondary N) is 1. The highest BCUT2D eigenvalue weighted by Crippen LogP contribution is 2.37. The largest absolute Gasteiger partial charge is 0.481 e. The lowest BCUT2D eigenvalue weighted by atomic mass is 9.82. The van der Waals surface area contributed by atoms with Gasteiger partial charge >= 0.3 is 5.97 Å². The number of carboxylic acids is 1. The van der Waals surface area contributed by atoms with Crippen LogP contribution in [0.15, 0.2) is 0 Å². The van der Waals surface area contributed by atoms with E-state index in [2.05, 4.69) is 5.32 Å². The average molecular weight is 319 g/mol. The molecule has 1 aliphatic carbocycles. The number of hydrogen-bond donors (Lipinski definition) is 2. The molecule has 0 aromatic heterocycles. The zero-order valence-electron chi connectivity index (χ0n) is 12.9. The molecular weight excluding hydrogens is 294 g/mol. The molecular formula is C14H25NO5S. The van der Waals surface area contributed by atoms with Crippen molar-refractivity contribution in [2.45, 2.75) is 57.1 Å². The number of carboxylic acid groups (broad SMARTS) is 1. The minimum atomic E-state index is -3.52. The Morgan fingerprint density at radius 2 is 1.67 bits per heavy atom. The predicted molar refractivity (Wildman–Crippen MR) is 79.7 cm³/mol. The highest BCUT2D eigenvalue weighted by Gasteiger charge is 2.50. The van der Waals surface area contributed by atoms with E-state index in [9.17, 15) is 23.1 Å². The first-order valence-electron chi connectivity index (χ1n) is 7.36. The lowest BCUT2D eigenvalue weighted by Crippen LogP contribution is -2.53. The molecule has 0 saturated heterocycles. The summed E-state index contributed by atoms with van der Waals surface area (Å²) in [7, 11) is -3.52. The molecule has 2 N–H and O–H groups in total. The van der Waals surface area contributed by atoms with Crippen LogP contribution in [0.3, 0.4) is 0 Å². The maximum atomic E-state index is 12.4. The van der Waals surface area contributed by atoms with Gasteiger partial charge in [0, 0.05) is 12.8 Å². The van der Waals surface area contributed by atoms with E-state index in [4.69, 9.17) is 0 Å². The molecule has 1 aliphatic rings. The van der Waals surface area contributed by atoms with Gasteiger partial charge < -0.3 is 10.4 Å². The Labute approximate surface area is 126 Å². The lowest BCUT2D eigenvalue weighted by molar-refractivity contribution is -0.149. The maximum absolute atomic E-state index is 12.4. The van der Waals surface area contributed by atoms with Crippen molar-refractivity contribution < 1.29 is 23.1 Å². The predicted octanol–water partition coefficient (Wildman–Crippen LogP) is 1.35. The molecule has 21 heavy (non-hydrogen) atoms. The average Bonchev–Trinajstić information content (AvgIpc) is 2.90. The van der Waals surface area contributed by atoms with Crippen LogP contribution in [0.2, 0.25) is 0 Å². The van der Waals surface area contributed by atoms with Gasteiger partial charge in [-0.15, -0.1) is 0 Å². The van der Waals surface area contributed by atoms with E-state index in [1.165, 1.54) is 0 Å². The normalized spacial score (nSPS) is 18.4. The molecule has 0 aromatic rings. The zero-order valence-corrected chi connectivity index (χ0v) is 13.8. The van der Waals surface area contributed by atoms with Crippen molar-refractivity contribution >= 4 is 21.7 Å². The molecule has 1 saturated carbocycles. The van der Waals surface area contributed by atoms with Gasteiger partial charge in [-0.2, -0.15) is 0 Å². The Hall–Kier alpha value is -1.11. The van der Waals surface area contributed by atoms with E-state index in [0.717, 1.165) is 6.26 Å². The number of amides is 1. The Morgan fingerprint density at radius 1 is 1.19 bits per heavy atom. The van der Waals surface area contributed by atoms with Crippen LogP contribution in [0.5, 0.6) is 0 Å². The van der Waals surface area contributed by atoms with Crippen LogP contribution in [0.4, 0.5) is 0 Å². The van der Waals surface area contributed by atoms with Crippen molar-refractivity contribution in [1.29, 1.82) is 0 Å². The molecule has 6 nitrogen and oxygen atoms in total. The molecule has 0 atom stereocenters. The van der Waals surface area contributed by atoms with Crippen LogP contribution < -0.4 is 5.32 Å². The second-order valence-electron chi connectivity index (χ2n) is 5.95. The van der Waals surface area contributed by atoms with Crippen molar-refractivity contribution in [2.24, 2.45) is 5.41 Å². The van der Waals surface area contributed by atoms with Gasteiger partial charge in [-0.05, 0) is 25.7 Å². The molecule has 0 bridgehead atoms. The summed E-state index contributed by atoms with van der Waals surface area (Å²) in [5, 5.41) is 12.0. The fourth-order valence-electron chi connectivity index (χ4n) is 3.00. The van der Waals surface area contributed by atoms with Crippen LogP contribution in [0.1, 0.15) is 52.4 Å². The maximum Gasteiger partial charge on any atom is 0.311 e. The summed E-state index contributed by atoms with van der Waals surface area (Å²) in [4.78, 5) is 23.9. The van der Waals surface area contributed by atoms with Crippen molar-refractivity contribution in [1.82, 2.24) is 5.32 Å². The topological polar surface area (TPSA) is 101 Å². The van der Waals surface area contributed by atoms with E-state index in [1.54, 1.807) is 13.8 Å². The summed E-state index contributed by atoms with van der Waals surface area (Å²) in [6, 6.07) is 0. The molecule has 0 aromatic carbocycles. The third-order valence-electron chi connectivity index (χ3n) is 4.93. The van der Waals surface area contributed by atoms with E-state index in [0.29, 0.717) is 38.5 Å². The van der Waals surface area contributed by atoms with Crippen molar-refractivity contribution in [3.8, 4) is 0 Å². The fraction of sp³-hybridized carbons (Fsp3) is 0.857. The highest BCUT2D eigenvalue weighted by atomic mass is 32.2. The van der Waals surface area contributed by atoms with Crippen molar-refractivity contribution in [3.05, 3.63) is 0 Å². The zero-order chi connectivity index (χ0) is 16.3. The van der Waals surface area contributed by atoms with Crippen LogP contribution in [0.25, 0.3) is 0 Å². The van der Waals surface area contributed by atoms with Crippen molar-refractivity contribution in [3.63, 3.8) is 0 Å². The van der Waals surface area contributed by atoms with Gasteiger partial charge in [0.15, 0.2) is 9.84 Å². The standard InChI is InChI=1S/C14H25NO5S/c1-4-13(5-2,12(17)18)10-15-11(16)14(21(3,19)20)8-6-7-9-14/h4-10H2,1-3H3,(H,15,16)(H,17,18). The molecule has 1 rings (SSSR count). The minimum absolute atomic E-state index is 0.0363. The molecule has 0 spiro atoms. The first-order chi connectivity index (χ1) is 9.65. The second kappa shape index (κ2) is 6.34. The number of carbonyl (C=O) groups excluding carboxylic acids is 1. The van der Waals surface area contributed by atoms with E-state index < -0.39 is 31.9 Å². The molecule has 0 unspecified atom stereocenters. The monoisotopic (exact) mass is 319 g/mol. The fourth-order valence-corrected chi connectivity index (χ4v) is 4.44. The molecule has 122 valence electrons. The van der Waals surface area contributed by atoms with Gasteiger partial charge in [0.25, 0.3) is 0 Å². The van der Waals surface area contributed by atoms with Crippen molar-refractivity contribution in [2.75, 3.05) is 12.8 Å². The summed E-state index contributed by atoms with van der Waals surface area (Å²) in [5.74, 6) is -1.51. The van der Waals surface area contributed by atoms with Crippen LogP contribution in [-0.2, 0) is 19.4 Å². The van der Waals surface area contributed by atoms with E-state index >= 15 is 0 Å². The molecule has 0 radical (unpaired) electrons. The second-order valence-corrected chi connectivity index (χ2v) is 8.27. The number of rotatable bonds is 7. The van der Waals surface area contributed by atoms with Gasteiger partial charge in [0.1, 0.15) is 4.75 Å². The number of carbonyl (C=O) groups is 2. The molecule has 7 heteroatoms. The number of aliphatic carboxylic acids is 1. The number of hydrogen-bond acceptors (Lipinski definition) is 4. The van der Waals surface area contributed by atoms with Gasteiger partial charge in [0.2, 0.25) is 5.91 Å². The SMILES string of the molecule is CCC(CC)(CNC(=O)C1(S(C)(=O)=O)CCCC1)C(=O)O. The Morgan fingerprint density at radius 3 is 2.00 bits per heavy atom. The highest BCUT2D eigenvalue weighted by molar-refractivity contribution is 7.92.